The summed E-state index contributed by atoms with van der Waals surface area (Å²) < 4.78 is 0. The minimum Gasteiger partial charge on any atom is -0.122 e. The molecule has 110 valence electrons. The molecule has 0 aliphatic rings. The molecule has 0 rings (SSSR count). The molecule has 0 amide bonds. The lowest BCUT2D eigenvalue weighted by Crippen LogP contribution is -1.85. The Morgan fingerprint density at radius 2 is 0.778 bits per heavy atom. The SMILES string of the molecule is CCCCCCCCCPCCCCCCCC. The van der Waals surface area contributed by atoms with Crippen molar-refractivity contribution >= 4 is 8.58 Å². The standard InChI is InChI=1S/C17H37P/c1-3-5-7-9-11-13-15-17-18-16-14-12-10-8-6-4-2/h18H,3-17H2,1-2H3. The summed E-state index contributed by atoms with van der Waals surface area (Å²) in [5.41, 5.74) is 0. The molecule has 0 radical (unpaired) electrons. The van der Waals surface area contributed by atoms with Gasteiger partial charge in [0.25, 0.3) is 0 Å². The van der Waals surface area contributed by atoms with Gasteiger partial charge in [0.1, 0.15) is 0 Å². The predicted molar refractivity (Wildman–Crippen MR) is 89.4 cm³/mol. The highest BCUT2D eigenvalue weighted by Gasteiger charge is 1.93. The Bertz CT molecular complexity index is 118. The van der Waals surface area contributed by atoms with E-state index in [1.165, 1.54) is 104 Å². The van der Waals surface area contributed by atoms with Crippen LogP contribution in [0, 0.1) is 0 Å². The van der Waals surface area contributed by atoms with Crippen LogP contribution in [0.3, 0.4) is 0 Å². The molecule has 0 aromatic rings. The maximum Gasteiger partial charge on any atom is -0.0353 e. The molecule has 0 aromatic carbocycles. The summed E-state index contributed by atoms with van der Waals surface area (Å²) in [7, 11) is 1.26. The summed E-state index contributed by atoms with van der Waals surface area (Å²) in [6.07, 6.45) is 22.0. The zero-order valence-electron chi connectivity index (χ0n) is 13.1. The molecule has 0 N–H and O–H groups in total. The van der Waals surface area contributed by atoms with Crippen LogP contribution in [0.15, 0.2) is 0 Å². The van der Waals surface area contributed by atoms with Crippen LogP contribution in [0.2, 0.25) is 0 Å². The van der Waals surface area contributed by atoms with Crippen LogP contribution in [0.25, 0.3) is 0 Å². The Morgan fingerprint density at radius 1 is 0.444 bits per heavy atom. The van der Waals surface area contributed by atoms with Gasteiger partial charge in [0.2, 0.25) is 0 Å². The number of rotatable bonds is 15. The van der Waals surface area contributed by atoms with Gasteiger partial charge >= 0.3 is 0 Å². The predicted octanol–water partition coefficient (Wildman–Crippen LogP) is 6.78. The van der Waals surface area contributed by atoms with E-state index in [9.17, 15) is 0 Å². The molecule has 0 aromatic heterocycles. The fourth-order valence-electron chi connectivity index (χ4n) is 2.36. The van der Waals surface area contributed by atoms with Crippen LogP contribution in [0.1, 0.15) is 97.3 Å². The maximum absolute atomic E-state index is 2.30. The van der Waals surface area contributed by atoms with E-state index in [-0.39, 0.29) is 0 Å². The summed E-state index contributed by atoms with van der Waals surface area (Å²) in [5.74, 6) is 0. The summed E-state index contributed by atoms with van der Waals surface area (Å²) in [4.78, 5) is 0. The monoisotopic (exact) mass is 272 g/mol. The van der Waals surface area contributed by atoms with E-state index in [4.69, 9.17) is 0 Å². The Kier molecular flexibility index (Phi) is 17.8. The van der Waals surface area contributed by atoms with E-state index in [2.05, 4.69) is 13.8 Å². The third-order valence-corrected chi connectivity index (χ3v) is 5.08. The van der Waals surface area contributed by atoms with E-state index in [1.54, 1.807) is 0 Å². The fourth-order valence-corrected chi connectivity index (χ4v) is 3.61. The smallest absolute Gasteiger partial charge is 0.0353 e. The first-order valence-corrected chi connectivity index (χ1v) is 10.0. The van der Waals surface area contributed by atoms with Gasteiger partial charge in [0, 0.05) is 0 Å². The summed E-state index contributed by atoms with van der Waals surface area (Å²) >= 11 is 0. The van der Waals surface area contributed by atoms with Crippen LogP contribution >= 0.6 is 8.58 Å². The molecular weight excluding hydrogens is 235 g/mol. The number of hydrogen-bond donors (Lipinski definition) is 0. The first-order valence-electron chi connectivity index (χ1n) is 8.62. The van der Waals surface area contributed by atoms with E-state index in [0.717, 1.165) is 0 Å². The van der Waals surface area contributed by atoms with Gasteiger partial charge in [-0.05, 0) is 25.2 Å². The maximum atomic E-state index is 2.30. The second-order valence-corrected chi connectivity index (χ2v) is 7.14. The van der Waals surface area contributed by atoms with Crippen molar-refractivity contribution in [1.29, 1.82) is 0 Å². The van der Waals surface area contributed by atoms with Crippen LogP contribution < -0.4 is 0 Å². The van der Waals surface area contributed by atoms with Gasteiger partial charge < -0.3 is 0 Å². The molecule has 1 heteroatoms. The minimum atomic E-state index is 1.26. The molecular formula is C17H37P. The number of hydrogen-bond acceptors (Lipinski definition) is 0. The van der Waals surface area contributed by atoms with Crippen molar-refractivity contribution in [1.82, 2.24) is 0 Å². The van der Waals surface area contributed by atoms with Crippen molar-refractivity contribution in [3.8, 4) is 0 Å². The molecule has 1 atom stereocenters. The molecule has 0 saturated heterocycles. The average molecular weight is 272 g/mol. The van der Waals surface area contributed by atoms with Gasteiger partial charge in [0.05, 0.1) is 0 Å². The van der Waals surface area contributed by atoms with Crippen LogP contribution in [-0.4, -0.2) is 12.3 Å². The molecule has 0 saturated carbocycles. The average Bonchev–Trinajstić information content (AvgIpc) is 2.39. The Hall–Kier alpha value is 0.430. The minimum absolute atomic E-state index is 1.26. The van der Waals surface area contributed by atoms with E-state index < -0.39 is 0 Å². The molecule has 0 bridgehead atoms. The lowest BCUT2D eigenvalue weighted by molar-refractivity contribution is 0.603. The molecule has 0 spiro atoms. The van der Waals surface area contributed by atoms with Gasteiger partial charge in [0.15, 0.2) is 0 Å². The Morgan fingerprint density at radius 3 is 1.17 bits per heavy atom. The van der Waals surface area contributed by atoms with Crippen LogP contribution in [0.5, 0.6) is 0 Å². The Balaban J connectivity index is 2.86. The highest BCUT2D eigenvalue weighted by Crippen LogP contribution is 2.18. The lowest BCUT2D eigenvalue weighted by atomic mass is 10.1. The third kappa shape index (κ3) is 16.4. The Labute approximate surface area is 118 Å². The summed E-state index contributed by atoms with van der Waals surface area (Å²) in [6, 6.07) is 0. The van der Waals surface area contributed by atoms with Gasteiger partial charge in [-0.3, -0.25) is 0 Å². The fraction of sp³-hybridized carbons (Fsp3) is 1.00. The topological polar surface area (TPSA) is 0 Å². The van der Waals surface area contributed by atoms with Gasteiger partial charge in [-0.2, -0.15) is 0 Å². The number of unbranched alkanes of at least 4 members (excludes halogenated alkanes) is 11. The van der Waals surface area contributed by atoms with Crippen molar-refractivity contribution in [2.24, 2.45) is 0 Å². The zero-order chi connectivity index (χ0) is 13.3. The van der Waals surface area contributed by atoms with Gasteiger partial charge in [-0.25, -0.2) is 0 Å². The largest absolute Gasteiger partial charge is 0.122 e. The van der Waals surface area contributed by atoms with E-state index in [0.29, 0.717) is 0 Å². The van der Waals surface area contributed by atoms with Gasteiger partial charge in [-0.1, -0.05) is 84.5 Å². The first-order chi connectivity index (χ1) is 8.91. The van der Waals surface area contributed by atoms with Crippen molar-refractivity contribution in [2.45, 2.75) is 97.3 Å². The van der Waals surface area contributed by atoms with Gasteiger partial charge in [-0.15, -0.1) is 8.58 Å². The molecule has 0 nitrogen and oxygen atoms in total. The molecule has 0 aliphatic carbocycles. The molecule has 0 aliphatic heterocycles. The molecule has 1 unspecified atom stereocenters. The highest BCUT2D eigenvalue weighted by atomic mass is 31.1. The van der Waals surface area contributed by atoms with Crippen LogP contribution in [-0.2, 0) is 0 Å². The van der Waals surface area contributed by atoms with E-state index >= 15 is 0 Å². The van der Waals surface area contributed by atoms with Crippen molar-refractivity contribution in [2.75, 3.05) is 12.3 Å². The summed E-state index contributed by atoms with van der Waals surface area (Å²) in [5, 5.41) is 0. The second-order valence-electron chi connectivity index (χ2n) is 5.64. The first kappa shape index (κ1) is 18.4. The second kappa shape index (κ2) is 17.4. The lowest BCUT2D eigenvalue weighted by Gasteiger charge is -2.03. The highest BCUT2D eigenvalue weighted by molar-refractivity contribution is 7.37. The van der Waals surface area contributed by atoms with Crippen molar-refractivity contribution in [3.05, 3.63) is 0 Å². The van der Waals surface area contributed by atoms with Crippen molar-refractivity contribution in [3.63, 3.8) is 0 Å². The third-order valence-electron chi connectivity index (χ3n) is 3.66. The zero-order valence-corrected chi connectivity index (χ0v) is 14.1. The van der Waals surface area contributed by atoms with Crippen LogP contribution in [0.4, 0.5) is 0 Å². The summed E-state index contributed by atoms with van der Waals surface area (Å²) in [6.45, 7) is 4.59. The molecule has 0 fully saturated rings. The molecule has 0 heterocycles. The van der Waals surface area contributed by atoms with E-state index in [1.807, 2.05) is 0 Å². The normalized spacial score (nSPS) is 11.7. The van der Waals surface area contributed by atoms with Crippen molar-refractivity contribution < 1.29 is 0 Å². The molecule has 18 heavy (non-hydrogen) atoms. The quantitative estimate of drug-likeness (QED) is 0.228.